The summed E-state index contributed by atoms with van der Waals surface area (Å²) in [6.07, 6.45) is 8.23. The maximum atomic E-state index is 12.1. The third-order valence-electron chi connectivity index (χ3n) is 4.96. The number of nitrogens with one attached hydrogen (secondary N) is 1. The first-order valence-corrected chi connectivity index (χ1v) is 10.1. The average Bonchev–Trinajstić information content (AvgIpc) is 3.34. The number of pyridine rings is 1. The third-order valence-corrected chi connectivity index (χ3v) is 5.57. The zero-order valence-corrected chi connectivity index (χ0v) is 17.2. The quantitative estimate of drug-likeness (QED) is 0.721. The van der Waals surface area contributed by atoms with E-state index in [0.29, 0.717) is 18.4 Å². The molecule has 0 radical (unpaired) electrons. The summed E-state index contributed by atoms with van der Waals surface area (Å²) in [7, 11) is 0. The number of hydrogen-bond donors (Lipinski definition) is 1. The van der Waals surface area contributed by atoms with Crippen molar-refractivity contribution in [3.8, 4) is 0 Å². The summed E-state index contributed by atoms with van der Waals surface area (Å²) in [6, 6.07) is 6.45. The van der Waals surface area contributed by atoms with Gasteiger partial charge in [-0.3, -0.25) is 9.78 Å². The first kappa shape index (κ1) is 22.6. The van der Waals surface area contributed by atoms with Crippen molar-refractivity contribution in [1.29, 1.82) is 0 Å². The minimum absolute atomic E-state index is 0. The van der Waals surface area contributed by atoms with Crippen LogP contribution < -0.4 is 5.32 Å². The number of carbonyl (C=O) groups is 1. The first-order valence-electron chi connectivity index (χ1n) is 8.67. The molecule has 1 saturated carbocycles. The Hall–Kier alpha value is -0.490. The third kappa shape index (κ3) is 6.97. The number of thioether (sulfide) groups is 1. The molecule has 1 aliphatic carbocycles. The highest BCUT2D eigenvalue weighted by Crippen LogP contribution is 2.41. The maximum Gasteiger partial charge on any atom is 0.221 e. The van der Waals surface area contributed by atoms with E-state index >= 15 is 0 Å². The van der Waals surface area contributed by atoms with Gasteiger partial charge in [0.2, 0.25) is 5.91 Å². The molecule has 0 bridgehead atoms. The normalized spacial score (nSPS) is 22.8. The van der Waals surface area contributed by atoms with Crippen molar-refractivity contribution in [3.63, 3.8) is 0 Å². The lowest BCUT2D eigenvalue weighted by Crippen LogP contribution is -2.41. The van der Waals surface area contributed by atoms with Gasteiger partial charge in [0, 0.05) is 56.2 Å². The molecule has 2 aliphatic rings. The van der Waals surface area contributed by atoms with E-state index in [0.717, 1.165) is 43.4 Å². The Morgan fingerprint density at radius 3 is 2.76 bits per heavy atom. The summed E-state index contributed by atoms with van der Waals surface area (Å²) < 4.78 is 0. The van der Waals surface area contributed by atoms with Crippen LogP contribution in [0.1, 0.15) is 25.0 Å². The van der Waals surface area contributed by atoms with Gasteiger partial charge in [0.05, 0.1) is 0 Å². The first-order chi connectivity index (χ1) is 11.3. The zero-order chi connectivity index (χ0) is 16.1. The average molecular weight is 406 g/mol. The Bertz CT molecular complexity index is 516. The van der Waals surface area contributed by atoms with Crippen LogP contribution >= 0.6 is 36.6 Å². The molecule has 142 valence electrons. The molecule has 25 heavy (non-hydrogen) atoms. The molecule has 0 aromatic carbocycles. The van der Waals surface area contributed by atoms with Gasteiger partial charge in [-0.25, -0.2) is 0 Å². The van der Waals surface area contributed by atoms with Crippen molar-refractivity contribution < 1.29 is 4.79 Å². The van der Waals surface area contributed by atoms with E-state index in [2.05, 4.69) is 27.5 Å². The zero-order valence-electron chi connectivity index (χ0n) is 14.7. The van der Waals surface area contributed by atoms with Crippen molar-refractivity contribution >= 4 is 42.5 Å². The number of hydrogen-bond acceptors (Lipinski definition) is 4. The molecule has 1 aromatic rings. The minimum Gasteiger partial charge on any atom is -0.352 e. The van der Waals surface area contributed by atoms with Crippen LogP contribution in [0.4, 0.5) is 0 Å². The summed E-state index contributed by atoms with van der Waals surface area (Å²) >= 11 is 1.74. The molecule has 2 fully saturated rings. The van der Waals surface area contributed by atoms with E-state index in [9.17, 15) is 4.79 Å². The molecular weight excluding hydrogens is 377 g/mol. The van der Waals surface area contributed by atoms with Gasteiger partial charge in [0.1, 0.15) is 0 Å². The fraction of sp³-hybridized carbons (Fsp3) is 0.667. The van der Waals surface area contributed by atoms with Crippen LogP contribution in [0, 0.1) is 11.8 Å². The molecule has 0 unspecified atom stereocenters. The summed E-state index contributed by atoms with van der Waals surface area (Å²) in [4.78, 5) is 19.0. The Labute approximate surface area is 167 Å². The van der Waals surface area contributed by atoms with Crippen molar-refractivity contribution in [2.24, 2.45) is 11.8 Å². The Kier molecular flexibility index (Phi) is 10.2. The highest BCUT2D eigenvalue weighted by Gasteiger charge is 2.42. The van der Waals surface area contributed by atoms with Crippen LogP contribution in [-0.2, 0) is 11.2 Å². The van der Waals surface area contributed by atoms with Gasteiger partial charge in [-0.15, -0.1) is 24.8 Å². The molecule has 3 rings (SSSR count). The number of halogens is 2. The van der Waals surface area contributed by atoms with Crippen molar-refractivity contribution in [2.75, 3.05) is 31.6 Å². The second-order valence-electron chi connectivity index (χ2n) is 6.75. The van der Waals surface area contributed by atoms with E-state index in [1.807, 2.05) is 18.3 Å². The summed E-state index contributed by atoms with van der Waals surface area (Å²) in [5.41, 5.74) is 1.16. The monoisotopic (exact) mass is 405 g/mol. The van der Waals surface area contributed by atoms with Gasteiger partial charge in [0.25, 0.3) is 0 Å². The van der Waals surface area contributed by atoms with E-state index in [4.69, 9.17) is 0 Å². The Balaban J connectivity index is 0.00000156. The Morgan fingerprint density at radius 1 is 1.32 bits per heavy atom. The van der Waals surface area contributed by atoms with E-state index in [1.165, 1.54) is 12.8 Å². The molecule has 2 heterocycles. The van der Waals surface area contributed by atoms with Crippen LogP contribution in [0.5, 0.6) is 0 Å². The summed E-state index contributed by atoms with van der Waals surface area (Å²) in [5.74, 6) is 2.62. The molecule has 1 aromatic heterocycles. The van der Waals surface area contributed by atoms with Crippen LogP contribution in [0.3, 0.4) is 0 Å². The second kappa shape index (κ2) is 11.3. The summed E-state index contributed by atoms with van der Waals surface area (Å²) in [6.45, 7) is 3.17. The van der Waals surface area contributed by atoms with Crippen LogP contribution in [-0.4, -0.2) is 53.5 Å². The van der Waals surface area contributed by atoms with Crippen molar-refractivity contribution in [2.45, 2.75) is 31.7 Å². The lowest BCUT2D eigenvalue weighted by Gasteiger charge is -2.19. The molecular formula is C18H29Cl2N3OS. The molecule has 7 heteroatoms. The van der Waals surface area contributed by atoms with Crippen molar-refractivity contribution in [3.05, 3.63) is 30.1 Å². The Morgan fingerprint density at radius 2 is 2.12 bits per heavy atom. The molecule has 4 nitrogen and oxygen atoms in total. The van der Waals surface area contributed by atoms with E-state index in [-0.39, 0.29) is 30.7 Å². The van der Waals surface area contributed by atoms with E-state index < -0.39 is 0 Å². The molecule has 2 atom stereocenters. The topological polar surface area (TPSA) is 45.2 Å². The summed E-state index contributed by atoms with van der Waals surface area (Å²) in [5, 5.41) is 3.30. The number of nitrogens with zero attached hydrogens (tertiary/aromatic N) is 2. The lowest BCUT2D eigenvalue weighted by molar-refractivity contribution is -0.121. The fourth-order valence-corrected chi connectivity index (χ4v) is 3.93. The van der Waals surface area contributed by atoms with Gasteiger partial charge < -0.3 is 10.2 Å². The van der Waals surface area contributed by atoms with Gasteiger partial charge in [-0.2, -0.15) is 11.8 Å². The molecule has 1 saturated heterocycles. The number of amides is 1. The van der Waals surface area contributed by atoms with Crippen LogP contribution in [0.25, 0.3) is 0 Å². The standard InChI is InChI=1S/C18H27N3OS.2ClH/c1-23-11-8-18(22)20-17-13-21(12-16(17)14-5-6-14)10-7-15-4-2-3-9-19-15;;/h2-4,9,14,16-17H,5-8,10-13H2,1H3,(H,20,22);2*1H/t16-,17+;;/m1../s1. The smallest absolute Gasteiger partial charge is 0.221 e. The van der Waals surface area contributed by atoms with Crippen molar-refractivity contribution in [1.82, 2.24) is 15.2 Å². The molecule has 1 aliphatic heterocycles. The number of aromatic nitrogens is 1. The van der Waals surface area contributed by atoms with Gasteiger partial charge in [-0.05, 0) is 43.1 Å². The predicted octanol–water partition coefficient (Wildman–Crippen LogP) is 3.05. The molecule has 1 amide bonds. The van der Waals surface area contributed by atoms with Crippen LogP contribution in [0.2, 0.25) is 0 Å². The SMILES string of the molecule is CSCCC(=O)N[C@H]1CN(CCc2ccccn2)C[C@@H]1C1CC1.Cl.Cl. The molecule has 1 N–H and O–H groups in total. The van der Waals surface area contributed by atoms with Gasteiger partial charge >= 0.3 is 0 Å². The van der Waals surface area contributed by atoms with Gasteiger partial charge in [-0.1, -0.05) is 6.07 Å². The van der Waals surface area contributed by atoms with Gasteiger partial charge in [0.15, 0.2) is 0 Å². The highest BCUT2D eigenvalue weighted by atomic mass is 35.5. The maximum absolute atomic E-state index is 12.1. The van der Waals surface area contributed by atoms with E-state index in [1.54, 1.807) is 11.8 Å². The predicted molar refractivity (Wildman–Crippen MR) is 110 cm³/mol. The second-order valence-corrected chi connectivity index (χ2v) is 7.73. The fourth-order valence-electron chi connectivity index (χ4n) is 3.54. The number of carbonyl (C=O) groups excluding carboxylic acids is 1. The minimum atomic E-state index is 0. The largest absolute Gasteiger partial charge is 0.352 e. The van der Waals surface area contributed by atoms with Crippen LogP contribution in [0.15, 0.2) is 24.4 Å². The lowest BCUT2D eigenvalue weighted by atomic mass is 9.98. The highest BCUT2D eigenvalue weighted by molar-refractivity contribution is 7.98. The molecule has 0 spiro atoms. The number of likely N-dealkylation sites (tertiary alicyclic amines) is 1. The number of rotatable bonds is 8.